The number of sulfonamides is 1. The Kier molecular flexibility index (Phi) is 7.38. The number of rotatable bonds is 8. The Hall–Kier alpha value is -2.26. The molecular formula is C21H26N2O5S. The number of amides is 1. The maximum absolute atomic E-state index is 13.2. The molecular weight excluding hydrogens is 392 g/mol. The minimum atomic E-state index is -3.77. The summed E-state index contributed by atoms with van der Waals surface area (Å²) in [4.78, 5) is 11.7. The maximum atomic E-state index is 13.2. The average molecular weight is 419 g/mol. The minimum absolute atomic E-state index is 0.00225. The zero-order valence-corrected chi connectivity index (χ0v) is 16.9. The van der Waals surface area contributed by atoms with Gasteiger partial charge < -0.3 is 4.74 Å². The molecule has 156 valence electrons. The number of nitrogens with one attached hydrogen (secondary N) is 1. The van der Waals surface area contributed by atoms with Gasteiger partial charge in [0, 0.05) is 13.1 Å². The molecule has 29 heavy (non-hydrogen) atoms. The van der Waals surface area contributed by atoms with Crippen molar-refractivity contribution in [2.75, 3.05) is 13.1 Å². The van der Waals surface area contributed by atoms with E-state index in [1.165, 1.54) is 9.79 Å². The fraction of sp³-hybridized carbons (Fsp3) is 0.381. The van der Waals surface area contributed by atoms with Gasteiger partial charge in [0.25, 0.3) is 0 Å². The van der Waals surface area contributed by atoms with Crippen LogP contribution in [0.4, 0.5) is 0 Å². The first kappa shape index (κ1) is 21.4. The van der Waals surface area contributed by atoms with Crippen molar-refractivity contribution in [3.05, 3.63) is 71.8 Å². The van der Waals surface area contributed by atoms with Crippen LogP contribution < -0.4 is 5.48 Å². The van der Waals surface area contributed by atoms with Crippen LogP contribution in [0.15, 0.2) is 60.7 Å². The molecule has 1 fully saturated rings. The number of carbonyl (C=O) groups excluding carboxylic acids is 1. The predicted octanol–water partition coefficient (Wildman–Crippen LogP) is 2.63. The molecule has 8 heteroatoms. The van der Waals surface area contributed by atoms with Gasteiger partial charge in [0.1, 0.15) is 5.25 Å². The molecule has 0 bridgehead atoms. The highest BCUT2D eigenvalue weighted by Gasteiger charge is 2.37. The molecule has 0 aliphatic carbocycles. The number of hydroxylamine groups is 1. The van der Waals surface area contributed by atoms with E-state index in [2.05, 4.69) is 0 Å². The Balaban J connectivity index is 1.64. The molecule has 3 rings (SSSR count). The molecule has 0 saturated carbocycles. The summed E-state index contributed by atoms with van der Waals surface area (Å²) in [6.07, 6.45) is 0.852. The molecule has 2 aromatic carbocycles. The van der Waals surface area contributed by atoms with Crippen molar-refractivity contribution in [3.8, 4) is 0 Å². The van der Waals surface area contributed by atoms with E-state index >= 15 is 0 Å². The van der Waals surface area contributed by atoms with Gasteiger partial charge in [0.15, 0.2) is 0 Å². The molecule has 1 aliphatic heterocycles. The standard InChI is InChI=1S/C21H26N2O5S/c24-21(22-25)15-20(18-9-5-2-6-10-18)29(26,27)23-13-11-19(12-14-23)28-16-17-7-3-1-4-8-17/h1-10,19-20,25H,11-16H2,(H,22,24)/t20-/m1/s1. The maximum Gasteiger partial charge on any atom is 0.245 e. The number of piperidine rings is 1. The van der Waals surface area contributed by atoms with Gasteiger partial charge in [-0.15, -0.1) is 0 Å². The zero-order chi connectivity index (χ0) is 20.7. The van der Waals surface area contributed by atoms with Crippen molar-refractivity contribution in [2.24, 2.45) is 0 Å². The third-order valence-corrected chi connectivity index (χ3v) is 7.36. The number of hydrogen-bond donors (Lipinski definition) is 2. The van der Waals surface area contributed by atoms with Gasteiger partial charge in [-0.25, -0.2) is 18.2 Å². The van der Waals surface area contributed by atoms with E-state index in [1.807, 2.05) is 30.3 Å². The predicted molar refractivity (Wildman–Crippen MR) is 108 cm³/mol. The van der Waals surface area contributed by atoms with E-state index in [0.717, 1.165) is 5.56 Å². The summed E-state index contributed by atoms with van der Waals surface area (Å²) >= 11 is 0. The Morgan fingerprint density at radius 1 is 1.07 bits per heavy atom. The second-order valence-corrected chi connectivity index (χ2v) is 9.19. The summed E-state index contributed by atoms with van der Waals surface area (Å²) in [6, 6.07) is 18.5. The summed E-state index contributed by atoms with van der Waals surface area (Å²) in [7, 11) is -3.77. The van der Waals surface area contributed by atoms with Crippen molar-refractivity contribution in [2.45, 2.75) is 37.2 Å². The van der Waals surface area contributed by atoms with Crippen LogP contribution in [0.2, 0.25) is 0 Å². The number of ether oxygens (including phenoxy) is 1. The average Bonchev–Trinajstić information content (AvgIpc) is 2.77. The summed E-state index contributed by atoms with van der Waals surface area (Å²) in [5, 5.41) is 7.83. The van der Waals surface area contributed by atoms with Crippen LogP contribution in [0.1, 0.15) is 35.6 Å². The van der Waals surface area contributed by atoms with Gasteiger partial charge in [0.2, 0.25) is 15.9 Å². The quantitative estimate of drug-likeness (QED) is 0.508. The number of carbonyl (C=O) groups is 1. The lowest BCUT2D eigenvalue weighted by Crippen LogP contribution is -2.43. The van der Waals surface area contributed by atoms with Crippen LogP contribution in [0.5, 0.6) is 0 Å². The molecule has 0 radical (unpaired) electrons. The highest BCUT2D eigenvalue weighted by atomic mass is 32.2. The van der Waals surface area contributed by atoms with E-state index in [1.54, 1.807) is 30.3 Å². The van der Waals surface area contributed by atoms with Crippen LogP contribution in [-0.4, -0.2) is 43.0 Å². The topological polar surface area (TPSA) is 95.9 Å². The van der Waals surface area contributed by atoms with Crippen LogP contribution in [-0.2, 0) is 26.2 Å². The second kappa shape index (κ2) is 9.98. The summed E-state index contributed by atoms with van der Waals surface area (Å²) in [6.45, 7) is 1.18. The fourth-order valence-corrected chi connectivity index (χ4v) is 5.44. The minimum Gasteiger partial charge on any atom is -0.373 e. The Labute approximate surface area is 171 Å². The largest absolute Gasteiger partial charge is 0.373 e. The first-order chi connectivity index (χ1) is 14.0. The first-order valence-corrected chi connectivity index (χ1v) is 11.1. The monoisotopic (exact) mass is 418 g/mol. The molecule has 0 unspecified atom stereocenters. The molecule has 1 heterocycles. The van der Waals surface area contributed by atoms with Gasteiger partial charge in [-0.3, -0.25) is 10.0 Å². The van der Waals surface area contributed by atoms with Crippen LogP contribution in [0.3, 0.4) is 0 Å². The summed E-state index contributed by atoms with van der Waals surface area (Å²) in [5.74, 6) is -0.733. The molecule has 2 N–H and O–H groups in total. The van der Waals surface area contributed by atoms with E-state index < -0.39 is 21.2 Å². The molecule has 2 aromatic rings. The SMILES string of the molecule is O=C(C[C@H](c1ccccc1)S(=O)(=O)N1CCC(OCc2ccccc2)CC1)NO. The van der Waals surface area contributed by atoms with Gasteiger partial charge in [-0.2, -0.15) is 0 Å². The van der Waals surface area contributed by atoms with Gasteiger partial charge in [-0.1, -0.05) is 60.7 Å². The number of benzene rings is 2. The van der Waals surface area contributed by atoms with E-state index in [4.69, 9.17) is 9.94 Å². The van der Waals surface area contributed by atoms with Crippen LogP contribution in [0, 0.1) is 0 Å². The lowest BCUT2D eigenvalue weighted by Gasteiger charge is -2.33. The van der Waals surface area contributed by atoms with E-state index in [-0.39, 0.29) is 12.5 Å². The van der Waals surface area contributed by atoms with Crippen molar-refractivity contribution >= 4 is 15.9 Å². The van der Waals surface area contributed by atoms with E-state index in [9.17, 15) is 13.2 Å². The van der Waals surface area contributed by atoms with Crippen LogP contribution >= 0.6 is 0 Å². The number of nitrogens with zero attached hydrogens (tertiary/aromatic N) is 1. The molecule has 1 aliphatic rings. The Bertz CT molecular complexity index is 882. The Morgan fingerprint density at radius 2 is 1.66 bits per heavy atom. The van der Waals surface area contributed by atoms with Crippen molar-refractivity contribution in [3.63, 3.8) is 0 Å². The molecule has 7 nitrogen and oxygen atoms in total. The summed E-state index contributed by atoms with van der Waals surface area (Å²) < 4.78 is 33.9. The zero-order valence-electron chi connectivity index (χ0n) is 16.1. The molecule has 0 aromatic heterocycles. The van der Waals surface area contributed by atoms with Crippen molar-refractivity contribution in [1.29, 1.82) is 0 Å². The molecule has 0 spiro atoms. The highest BCUT2D eigenvalue weighted by Crippen LogP contribution is 2.31. The first-order valence-electron chi connectivity index (χ1n) is 9.63. The second-order valence-electron chi connectivity index (χ2n) is 7.08. The third-order valence-electron chi connectivity index (χ3n) is 5.12. The number of hydrogen-bond acceptors (Lipinski definition) is 5. The molecule has 1 amide bonds. The lowest BCUT2D eigenvalue weighted by atomic mass is 10.1. The van der Waals surface area contributed by atoms with Crippen molar-refractivity contribution < 1.29 is 23.2 Å². The van der Waals surface area contributed by atoms with E-state index in [0.29, 0.717) is 38.1 Å². The van der Waals surface area contributed by atoms with Gasteiger partial charge >= 0.3 is 0 Å². The molecule has 1 atom stereocenters. The summed E-state index contributed by atoms with van der Waals surface area (Å²) in [5.41, 5.74) is 3.15. The smallest absolute Gasteiger partial charge is 0.245 e. The highest BCUT2D eigenvalue weighted by molar-refractivity contribution is 7.89. The molecule has 1 saturated heterocycles. The Morgan fingerprint density at radius 3 is 2.24 bits per heavy atom. The van der Waals surface area contributed by atoms with Crippen molar-refractivity contribution in [1.82, 2.24) is 9.79 Å². The van der Waals surface area contributed by atoms with Gasteiger partial charge in [-0.05, 0) is 24.0 Å². The van der Waals surface area contributed by atoms with Crippen LogP contribution in [0.25, 0.3) is 0 Å². The fourth-order valence-electron chi connectivity index (χ4n) is 3.50. The lowest BCUT2D eigenvalue weighted by molar-refractivity contribution is -0.129. The van der Waals surface area contributed by atoms with Gasteiger partial charge in [0.05, 0.1) is 19.1 Å². The third kappa shape index (κ3) is 5.63. The normalized spacial score (nSPS) is 17.0.